The molecule has 2 rings (SSSR count). The van der Waals surface area contributed by atoms with Gasteiger partial charge in [0, 0.05) is 12.0 Å². The molecule has 1 aliphatic rings. The van der Waals surface area contributed by atoms with E-state index in [4.69, 9.17) is 4.74 Å². The highest BCUT2D eigenvalue weighted by Crippen LogP contribution is 2.44. The van der Waals surface area contributed by atoms with E-state index in [0.29, 0.717) is 13.0 Å². The Kier molecular flexibility index (Phi) is 3.33. The van der Waals surface area contributed by atoms with Gasteiger partial charge in [-0.05, 0) is 18.4 Å². The Bertz CT molecular complexity index is 361. The zero-order chi connectivity index (χ0) is 10.8. The van der Waals surface area contributed by atoms with E-state index < -0.39 is 6.10 Å². The summed E-state index contributed by atoms with van der Waals surface area (Å²) in [5, 5.41) is 11.5. The van der Waals surface area contributed by atoms with Gasteiger partial charge in [-0.15, -0.1) is 11.3 Å². The van der Waals surface area contributed by atoms with Gasteiger partial charge < -0.3 is 9.84 Å². The van der Waals surface area contributed by atoms with Crippen molar-refractivity contribution >= 4 is 29.1 Å². The van der Waals surface area contributed by atoms with Crippen LogP contribution in [0, 0.1) is 0 Å². The summed E-state index contributed by atoms with van der Waals surface area (Å²) in [7, 11) is 0. The molecule has 5 heteroatoms. The largest absolute Gasteiger partial charge is 0.465 e. The van der Waals surface area contributed by atoms with Crippen molar-refractivity contribution in [3.63, 3.8) is 0 Å². The molecule has 1 aliphatic heterocycles. The molecule has 0 bridgehead atoms. The minimum absolute atomic E-state index is 0.222. The third kappa shape index (κ3) is 2.19. The molecule has 0 aromatic carbocycles. The zero-order valence-electron chi connectivity index (χ0n) is 8.30. The molecule has 2 atom stereocenters. The predicted octanol–water partition coefficient (Wildman–Crippen LogP) is 2.21. The van der Waals surface area contributed by atoms with Crippen molar-refractivity contribution in [3.8, 4) is 0 Å². The summed E-state index contributed by atoms with van der Waals surface area (Å²) in [4.78, 5) is 11.5. The molecule has 0 amide bonds. The smallest absolute Gasteiger partial charge is 0.319 e. The first-order valence-electron chi connectivity index (χ1n) is 4.81. The molecule has 2 unspecified atom stereocenters. The Morgan fingerprint density at radius 3 is 3.27 bits per heavy atom. The molecule has 3 nitrogen and oxygen atoms in total. The highest BCUT2D eigenvalue weighted by Gasteiger charge is 2.32. The van der Waals surface area contributed by atoms with Crippen molar-refractivity contribution in [3.05, 3.63) is 17.0 Å². The number of thiophene rings is 1. The van der Waals surface area contributed by atoms with E-state index in [1.165, 1.54) is 11.8 Å². The van der Waals surface area contributed by atoms with Gasteiger partial charge in [0.15, 0.2) is 0 Å². The van der Waals surface area contributed by atoms with Crippen LogP contribution >= 0.6 is 23.1 Å². The number of fused-ring (bicyclic) bond motifs is 1. The van der Waals surface area contributed by atoms with Crippen LogP contribution in [0.5, 0.6) is 0 Å². The van der Waals surface area contributed by atoms with Gasteiger partial charge in [-0.1, -0.05) is 11.8 Å². The normalized spacial score (nSPS) is 24.7. The van der Waals surface area contributed by atoms with Gasteiger partial charge in [0.1, 0.15) is 5.25 Å². The van der Waals surface area contributed by atoms with Crippen molar-refractivity contribution in [1.29, 1.82) is 0 Å². The molecule has 2 heterocycles. The second-order valence-electron chi connectivity index (χ2n) is 3.27. The maximum atomic E-state index is 11.5. The molecule has 0 saturated heterocycles. The minimum atomic E-state index is -0.526. The molecule has 15 heavy (non-hydrogen) atoms. The first-order valence-corrected chi connectivity index (χ1v) is 6.57. The monoisotopic (exact) mass is 244 g/mol. The Labute approximate surface area is 96.4 Å². The van der Waals surface area contributed by atoms with Gasteiger partial charge in [0.05, 0.1) is 16.9 Å². The lowest BCUT2D eigenvalue weighted by atomic mass is 10.1. The molecule has 1 aromatic heterocycles. The molecule has 0 spiro atoms. The maximum absolute atomic E-state index is 11.5. The SMILES string of the molecule is CCOC(=O)C1CC(O)c2ccsc2S1. The van der Waals surface area contributed by atoms with E-state index in [1.807, 2.05) is 11.4 Å². The van der Waals surface area contributed by atoms with Crippen LogP contribution in [0.3, 0.4) is 0 Å². The molecule has 1 aromatic rings. The summed E-state index contributed by atoms with van der Waals surface area (Å²) in [6, 6.07) is 1.92. The molecule has 0 radical (unpaired) electrons. The summed E-state index contributed by atoms with van der Waals surface area (Å²) in [6.45, 7) is 2.18. The fourth-order valence-electron chi connectivity index (χ4n) is 1.53. The van der Waals surface area contributed by atoms with E-state index in [0.717, 1.165) is 9.77 Å². The van der Waals surface area contributed by atoms with Crippen LogP contribution in [-0.2, 0) is 9.53 Å². The summed E-state index contributed by atoms with van der Waals surface area (Å²) in [6.07, 6.45) is -0.0744. The summed E-state index contributed by atoms with van der Waals surface area (Å²) in [5.41, 5.74) is 0.950. The molecule has 82 valence electrons. The quantitative estimate of drug-likeness (QED) is 0.810. The first kappa shape index (κ1) is 11.0. The average Bonchev–Trinajstić information content (AvgIpc) is 2.66. The van der Waals surface area contributed by atoms with E-state index >= 15 is 0 Å². The van der Waals surface area contributed by atoms with Crippen LogP contribution in [0.1, 0.15) is 25.0 Å². The fourth-order valence-corrected chi connectivity index (χ4v) is 3.99. The van der Waals surface area contributed by atoms with E-state index in [1.54, 1.807) is 18.3 Å². The summed E-state index contributed by atoms with van der Waals surface area (Å²) in [5.74, 6) is -0.222. The van der Waals surface area contributed by atoms with E-state index in [-0.39, 0.29) is 11.2 Å². The lowest BCUT2D eigenvalue weighted by molar-refractivity contribution is -0.143. The van der Waals surface area contributed by atoms with Crippen molar-refractivity contribution in [1.82, 2.24) is 0 Å². The Morgan fingerprint density at radius 1 is 1.73 bits per heavy atom. The third-order valence-corrected chi connectivity index (χ3v) is 4.67. The lowest BCUT2D eigenvalue weighted by Crippen LogP contribution is -2.25. The highest BCUT2D eigenvalue weighted by molar-refractivity contribution is 8.02. The van der Waals surface area contributed by atoms with Crippen molar-refractivity contribution in [2.45, 2.75) is 28.9 Å². The first-order chi connectivity index (χ1) is 7.22. The highest BCUT2D eigenvalue weighted by atomic mass is 32.2. The lowest BCUT2D eigenvalue weighted by Gasteiger charge is -2.23. The Morgan fingerprint density at radius 2 is 2.53 bits per heavy atom. The number of aliphatic hydroxyl groups is 1. The number of carbonyl (C=O) groups excluding carboxylic acids is 1. The average molecular weight is 244 g/mol. The number of aliphatic hydroxyl groups excluding tert-OH is 1. The molecular weight excluding hydrogens is 232 g/mol. The van der Waals surface area contributed by atoms with Crippen molar-refractivity contribution in [2.24, 2.45) is 0 Å². The minimum Gasteiger partial charge on any atom is -0.465 e. The van der Waals surface area contributed by atoms with Crippen LogP contribution in [0.4, 0.5) is 0 Å². The molecule has 1 N–H and O–H groups in total. The van der Waals surface area contributed by atoms with Crippen LogP contribution in [-0.4, -0.2) is 22.9 Å². The predicted molar refractivity (Wildman–Crippen MR) is 60.2 cm³/mol. The molecule has 0 fully saturated rings. The van der Waals surface area contributed by atoms with Gasteiger partial charge in [0.25, 0.3) is 0 Å². The fraction of sp³-hybridized carbons (Fsp3) is 0.500. The Hall–Kier alpha value is -0.520. The number of hydrogen-bond donors (Lipinski definition) is 1. The van der Waals surface area contributed by atoms with Crippen LogP contribution < -0.4 is 0 Å². The van der Waals surface area contributed by atoms with Crippen LogP contribution in [0.25, 0.3) is 0 Å². The standard InChI is InChI=1S/C10H12O3S2/c1-2-13-9(12)8-5-7(11)6-3-4-14-10(6)15-8/h3-4,7-8,11H,2,5H2,1H3. The van der Waals surface area contributed by atoms with Gasteiger partial charge >= 0.3 is 5.97 Å². The number of hydrogen-bond acceptors (Lipinski definition) is 5. The molecular formula is C10H12O3S2. The summed E-state index contributed by atoms with van der Waals surface area (Å²) >= 11 is 3.06. The molecule has 0 saturated carbocycles. The number of rotatable bonds is 2. The van der Waals surface area contributed by atoms with Gasteiger partial charge in [-0.3, -0.25) is 4.79 Å². The van der Waals surface area contributed by atoms with E-state index in [2.05, 4.69) is 0 Å². The number of ether oxygens (including phenoxy) is 1. The number of carbonyl (C=O) groups is 1. The zero-order valence-corrected chi connectivity index (χ0v) is 9.94. The van der Waals surface area contributed by atoms with Crippen molar-refractivity contribution < 1.29 is 14.6 Å². The second kappa shape index (κ2) is 4.55. The van der Waals surface area contributed by atoms with Gasteiger partial charge in [-0.25, -0.2) is 0 Å². The topological polar surface area (TPSA) is 46.5 Å². The maximum Gasteiger partial charge on any atom is 0.319 e. The second-order valence-corrected chi connectivity index (χ2v) is 5.66. The number of esters is 1. The van der Waals surface area contributed by atoms with E-state index in [9.17, 15) is 9.90 Å². The molecule has 0 aliphatic carbocycles. The van der Waals surface area contributed by atoms with Gasteiger partial charge in [0.2, 0.25) is 0 Å². The van der Waals surface area contributed by atoms with Crippen LogP contribution in [0.15, 0.2) is 15.7 Å². The van der Waals surface area contributed by atoms with Gasteiger partial charge in [-0.2, -0.15) is 0 Å². The number of thioether (sulfide) groups is 1. The Balaban J connectivity index is 2.12. The third-order valence-electron chi connectivity index (χ3n) is 2.25. The van der Waals surface area contributed by atoms with Crippen molar-refractivity contribution in [2.75, 3.05) is 6.61 Å². The van der Waals surface area contributed by atoms with Crippen LogP contribution in [0.2, 0.25) is 0 Å². The summed E-state index contributed by atoms with van der Waals surface area (Å²) < 4.78 is 5.99.